The molecule has 1 atom stereocenters. The number of aliphatic hydroxyl groups is 1. The van der Waals surface area contributed by atoms with E-state index in [-0.39, 0.29) is 12.1 Å². The zero-order valence-electron chi connectivity index (χ0n) is 13.5. The van der Waals surface area contributed by atoms with Crippen LogP contribution in [0.5, 0.6) is 0 Å². The maximum atomic E-state index is 10.9. The molecule has 0 radical (unpaired) electrons. The standard InChI is InChI=1S/C18H30O3/c1-3-4-11-14-17(19)15-12-9-7-5-6-8-10-13-16-18(20)21-2/h6-9,12,15,17,19H,3-5,10-11,13-14,16H2,1-2H3/b8-6+,9-7+,15-12+/t17-/m0/s1. The van der Waals surface area contributed by atoms with Crippen LogP contribution < -0.4 is 0 Å². The number of esters is 1. The summed E-state index contributed by atoms with van der Waals surface area (Å²) >= 11 is 0. The van der Waals surface area contributed by atoms with Gasteiger partial charge < -0.3 is 9.84 Å². The molecule has 0 saturated carbocycles. The van der Waals surface area contributed by atoms with Crippen LogP contribution in [0.1, 0.15) is 58.3 Å². The molecule has 21 heavy (non-hydrogen) atoms. The van der Waals surface area contributed by atoms with Gasteiger partial charge >= 0.3 is 5.97 Å². The minimum absolute atomic E-state index is 0.147. The minimum atomic E-state index is -0.324. The molecule has 0 aromatic carbocycles. The van der Waals surface area contributed by atoms with Crippen molar-refractivity contribution in [2.45, 2.75) is 64.4 Å². The van der Waals surface area contributed by atoms with E-state index in [1.165, 1.54) is 20.0 Å². The van der Waals surface area contributed by atoms with E-state index in [9.17, 15) is 9.90 Å². The number of carbonyl (C=O) groups excluding carboxylic acids is 1. The maximum Gasteiger partial charge on any atom is 0.305 e. The predicted octanol–water partition coefficient (Wildman–Crippen LogP) is 4.33. The summed E-state index contributed by atoms with van der Waals surface area (Å²) in [6, 6.07) is 0. The van der Waals surface area contributed by atoms with Gasteiger partial charge in [-0.15, -0.1) is 0 Å². The first-order chi connectivity index (χ1) is 10.2. The average Bonchev–Trinajstić information content (AvgIpc) is 2.49. The van der Waals surface area contributed by atoms with Gasteiger partial charge in [0.15, 0.2) is 0 Å². The van der Waals surface area contributed by atoms with Gasteiger partial charge in [-0.05, 0) is 25.7 Å². The lowest BCUT2D eigenvalue weighted by Gasteiger charge is -2.02. The third-order valence-corrected chi connectivity index (χ3v) is 3.10. The number of aliphatic hydroxyl groups excluding tert-OH is 1. The first-order valence-electron chi connectivity index (χ1n) is 7.94. The van der Waals surface area contributed by atoms with Crippen LogP contribution in [0.25, 0.3) is 0 Å². The molecule has 0 amide bonds. The van der Waals surface area contributed by atoms with E-state index in [1.807, 2.05) is 24.3 Å². The molecule has 0 aromatic rings. The number of hydrogen-bond donors (Lipinski definition) is 1. The smallest absolute Gasteiger partial charge is 0.305 e. The summed E-state index contributed by atoms with van der Waals surface area (Å²) in [6.07, 6.45) is 19.0. The summed E-state index contributed by atoms with van der Waals surface area (Å²) < 4.78 is 4.57. The van der Waals surface area contributed by atoms with Gasteiger partial charge in [-0.2, -0.15) is 0 Å². The molecular formula is C18H30O3. The molecule has 0 rings (SSSR count). The van der Waals surface area contributed by atoms with Crippen molar-refractivity contribution >= 4 is 5.97 Å². The lowest BCUT2D eigenvalue weighted by Crippen LogP contribution is -2.00. The highest BCUT2D eigenvalue weighted by atomic mass is 16.5. The number of methoxy groups -OCH3 is 1. The van der Waals surface area contributed by atoms with Gasteiger partial charge in [0.25, 0.3) is 0 Å². The third-order valence-electron chi connectivity index (χ3n) is 3.10. The topological polar surface area (TPSA) is 46.5 Å². The first-order valence-corrected chi connectivity index (χ1v) is 7.94. The van der Waals surface area contributed by atoms with Crippen molar-refractivity contribution in [3.8, 4) is 0 Å². The number of hydrogen-bond acceptors (Lipinski definition) is 3. The SMILES string of the molecule is CCCCC[C@H](O)/C=C/C=C/C/C=C/CCCC(=O)OC. The van der Waals surface area contributed by atoms with Crippen LogP contribution in [0.15, 0.2) is 36.5 Å². The third kappa shape index (κ3) is 14.9. The number of rotatable bonds is 12. The molecule has 0 spiro atoms. The Bertz CT molecular complexity index is 329. The summed E-state index contributed by atoms with van der Waals surface area (Å²) in [7, 11) is 1.41. The molecule has 1 N–H and O–H groups in total. The second-order valence-corrected chi connectivity index (χ2v) is 5.05. The highest BCUT2D eigenvalue weighted by Crippen LogP contribution is 2.04. The van der Waals surface area contributed by atoms with E-state index in [0.717, 1.165) is 32.1 Å². The fraction of sp³-hybridized carbons (Fsp3) is 0.611. The van der Waals surface area contributed by atoms with E-state index in [2.05, 4.69) is 23.8 Å². The van der Waals surface area contributed by atoms with Gasteiger partial charge in [0.05, 0.1) is 13.2 Å². The molecule has 120 valence electrons. The fourth-order valence-electron chi connectivity index (χ4n) is 1.81. The molecule has 0 heterocycles. The lowest BCUT2D eigenvalue weighted by molar-refractivity contribution is -0.140. The molecule has 0 unspecified atom stereocenters. The summed E-state index contributed by atoms with van der Waals surface area (Å²) in [5.41, 5.74) is 0. The second-order valence-electron chi connectivity index (χ2n) is 5.05. The van der Waals surface area contributed by atoms with Crippen LogP contribution in [0.3, 0.4) is 0 Å². The summed E-state index contributed by atoms with van der Waals surface area (Å²) in [5, 5.41) is 9.67. The predicted molar refractivity (Wildman–Crippen MR) is 88.1 cm³/mol. The van der Waals surface area contributed by atoms with Crippen LogP contribution in [0, 0.1) is 0 Å². The first kappa shape index (κ1) is 19.7. The van der Waals surface area contributed by atoms with E-state index >= 15 is 0 Å². The summed E-state index contributed by atoms with van der Waals surface area (Å²) in [6.45, 7) is 2.16. The van der Waals surface area contributed by atoms with Crippen molar-refractivity contribution in [1.82, 2.24) is 0 Å². The Hall–Kier alpha value is -1.35. The van der Waals surface area contributed by atoms with Crippen molar-refractivity contribution in [3.63, 3.8) is 0 Å². The van der Waals surface area contributed by atoms with Crippen molar-refractivity contribution in [2.24, 2.45) is 0 Å². The van der Waals surface area contributed by atoms with E-state index in [1.54, 1.807) is 0 Å². The van der Waals surface area contributed by atoms with E-state index in [0.29, 0.717) is 6.42 Å². The largest absolute Gasteiger partial charge is 0.469 e. The van der Waals surface area contributed by atoms with Crippen molar-refractivity contribution in [2.75, 3.05) is 7.11 Å². The Balaban J connectivity index is 3.56. The fourth-order valence-corrected chi connectivity index (χ4v) is 1.81. The van der Waals surface area contributed by atoms with Crippen LogP contribution >= 0.6 is 0 Å². The monoisotopic (exact) mass is 294 g/mol. The van der Waals surface area contributed by atoms with Crippen LogP contribution in [0.2, 0.25) is 0 Å². The lowest BCUT2D eigenvalue weighted by atomic mass is 10.1. The zero-order chi connectivity index (χ0) is 15.8. The molecule has 0 aliphatic carbocycles. The quantitative estimate of drug-likeness (QED) is 0.252. The number of allylic oxidation sites excluding steroid dienone is 5. The van der Waals surface area contributed by atoms with Gasteiger partial charge in [-0.1, -0.05) is 62.6 Å². The highest BCUT2D eigenvalue weighted by molar-refractivity contribution is 5.68. The number of carbonyl (C=O) groups is 1. The van der Waals surface area contributed by atoms with Gasteiger partial charge in [-0.25, -0.2) is 0 Å². The Morgan fingerprint density at radius 3 is 2.67 bits per heavy atom. The molecule has 0 aliphatic rings. The van der Waals surface area contributed by atoms with Crippen LogP contribution in [-0.2, 0) is 9.53 Å². The van der Waals surface area contributed by atoms with Crippen molar-refractivity contribution in [1.29, 1.82) is 0 Å². The van der Waals surface area contributed by atoms with Gasteiger partial charge in [0, 0.05) is 6.42 Å². The number of unbranched alkanes of at least 4 members (excludes halogenated alkanes) is 3. The van der Waals surface area contributed by atoms with E-state index in [4.69, 9.17) is 0 Å². The Kier molecular flexibility index (Phi) is 14.1. The molecule has 0 fully saturated rings. The molecule has 0 aromatic heterocycles. The molecule has 0 aliphatic heterocycles. The van der Waals surface area contributed by atoms with Crippen LogP contribution in [0.4, 0.5) is 0 Å². The average molecular weight is 294 g/mol. The normalized spacial score (nSPS) is 13.5. The summed E-state index contributed by atoms with van der Waals surface area (Å²) in [4.78, 5) is 10.9. The van der Waals surface area contributed by atoms with Gasteiger partial charge in [-0.3, -0.25) is 4.79 Å². The van der Waals surface area contributed by atoms with E-state index < -0.39 is 0 Å². The Morgan fingerprint density at radius 1 is 1.14 bits per heavy atom. The van der Waals surface area contributed by atoms with Gasteiger partial charge in [0.1, 0.15) is 0 Å². The van der Waals surface area contributed by atoms with Crippen LogP contribution in [-0.4, -0.2) is 24.3 Å². The second kappa shape index (κ2) is 15.0. The Labute approximate surface area is 129 Å². The minimum Gasteiger partial charge on any atom is -0.469 e. The number of ether oxygens (including phenoxy) is 1. The van der Waals surface area contributed by atoms with Crippen molar-refractivity contribution in [3.05, 3.63) is 36.5 Å². The molecule has 0 saturated heterocycles. The summed E-state index contributed by atoms with van der Waals surface area (Å²) in [5.74, 6) is -0.147. The molecule has 3 nitrogen and oxygen atoms in total. The molecular weight excluding hydrogens is 264 g/mol. The Morgan fingerprint density at radius 2 is 1.95 bits per heavy atom. The highest BCUT2D eigenvalue weighted by Gasteiger charge is 1.97. The zero-order valence-corrected chi connectivity index (χ0v) is 13.5. The molecule has 3 heteroatoms. The maximum absolute atomic E-state index is 10.9. The van der Waals surface area contributed by atoms with Crippen molar-refractivity contribution < 1.29 is 14.6 Å². The van der Waals surface area contributed by atoms with Gasteiger partial charge in [0.2, 0.25) is 0 Å². The molecule has 0 bridgehead atoms.